The number of amides is 1. The van der Waals surface area contributed by atoms with E-state index in [1.165, 1.54) is 6.07 Å². The molecule has 2 rings (SSSR count). The quantitative estimate of drug-likeness (QED) is 0.868. The molecule has 1 aromatic rings. The number of fused-ring (bicyclic) bond motifs is 1. The Balaban J connectivity index is 2.41. The maximum absolute atomic E-state index is 11.5. The number of carbonyl (C=O) groups is 1. The van der Waals surface area contributed by atoms with E-state index in [2.05, 4.69) is 6.92 Å². The molecule has 5 heteroatoms. The largest absolute Gasteiger partial charge is 0.268 e. The first kappa shape index (κ1) is 11.1. The molecule has 0 radical (unpaired) electrons. The summed E-state index contributed by atoms with van der Waals surface area (Å²) in [5, 5.41) is 0. The van der Waals surface area contributed by atoms with Crippen LogP contribution in [0.5, 0.6) is 0 Å². The number of aryl methyl sites for hydroxylation is 1. The zero-order valence-corrected chi connectivity index (χ0v) is 9.80. The fourth-order valence-electron chi connectivity index (χ4n) is 1.76. The van der Waals surface area contributed by atoms with E-state index < -0.39 is 15.9 Å². The molecule has 0 saturated heterocycles. The van der Waals surface area contributed by atoms with Crippen LogP contribution < -0.4 is 4.72 Å². The Morgan fingerprint density at radius 3 is 2.75 bits per heavy atom. The molecule has 1 heterocycles. The second-order valence-electron chi connectivity index (χ2n) is 3.87. The molecule has 16 heavy (non-hydrogen) atoms. The number of sulfonamides is 1. The molecular formula is C11H13NO3S. The minimum Gasteiger partial charge on any atom is -0.268 e. The van der Waals surface area contributed by atoms with Crippen LogP contribution in [0.1, 0.15) is 35.7 Å². The van der Waals surface area contributed by atoms with Crippen LogP contribution in [-0.4, -0.2) is 14.3 Å². The van der Waals surface area contributed by atoms with Crippen LogP contribution in [0.2, 0.25) is 0 Å². The Morgan fingerprint density at radius 1 is 1.31 bits per heavy atom. The average Bonchev–Trinajstić information content (AvgIpc) is 2.46. The lowest BCUT2D eigenvalue weighted by Crippen LogP contribution is -2.20. The zero-order chi connectivity index (χ0) is 11.8. The van der Waals surface area contributed by atoms with Crippen LogP contribution >= 0.6 is 0 Å². The molecule has 1 aromatic carbocycles. The summed E-state index contributed by atoms with van der Waals surface area (Å²) in [6, 6.07) is 4.95. The molecular weight excluding hydrogens is 226 g/mol. The van der Waals surface area contributed by atoms with Crippen LogP contribution in [0.15, 0.2) is 23.1 Å². The Bertz CT molecular complexity index is 534. The van der Waals surface area contributed by atoms with Crippen molar-refractivity contribution in [1.29, 1.82) is 0 Å². The Hall–Kier alpha value is -1.36. The Kier molecular flexibility index (Phi) is 2.71. The van der Waals surface area contributed by atoms with Gasteiger partial charge in [0.15, 0.2) is 0 Å². The van der Waals surface area contributed by atoms with Gasteiger partial charge in [0.05, 0.1) is 5.56 Å². The molecule has 1 aliphatic rings. The summed E-state index contributed by atoms with van der Waals surface area (Å²) in [5.41, 5.74) is 1.28. The number of benzene rings is 1. The average molecular weight is 239 g/mol. The van der Waals surface area contributed by atoms with Crippen LogP contribution in [-0.2, 0) is 16.4 Å². The first-order chi connectivity index (χ1) is 7.54. The Morgan fingerprint density at radius 2 is 2.06 bits per heavy atom. The van der Waals surface area contributed by atoms with Gasteiger partial charge < -0.3 is 0 Å². The standard InChI is InChI=1S/C11H13NO3S/c1-2-3-4-8-5-6-10-9(7-8)11(13)12-16(10,14)15/h5-7H,2-4H2,1H3,(H,12,13). The number of hydrogen-bond acceptors (Lipinski definition) is 3. The predicted molar refractivity (Wildman–Crippen MR) is 59.7 cm³/mol. The lowest BCUT2D eigenvalue weighted by Gasteiger charge is -2.01. The van der Waals surface area contributed by atoms with Crippen molar-refractivity contribution in [3.63, 3.8) is 0 Å². The summed E-state index contributed by atoms with van der Waals surface area (Å²) in [6.45, 7) is 2.09. The third-order valence-corrected chi connectivity index (χ3v) is 4.01. The van der Waals surface area contributed by atoms with Gasteiger partial charge in [-0.3, -0.25) is 4.79 Å². The molecule has 86 valence electrons. The van der Waals surface area contributed by atoms with E-state index in [4.69, 9.17) is 0 Å². The van der Waals surface area contributed by atoms with Gasteiger partial charge in [0.1, 0.15) is 4.90 Å². The van der Waals surface area contributed by atoms with E-state index in [9.17, 15) is 13.2 Å². The molecule has 0 saturated carbocycles. The van der Waals surface area contributed by atoms with Gasteiger partial charge in [-0.2, -0.15) is 0 Å². The van der Waals surface area contributed by atoms with E-state index >= 15 is 0 Å². The molecule has 0 fully saturated rings. The SMILES string of the molecule is CCCCc1ccc2c(c1)C(=O)NS2(=O)=O. The molecule has 0 atom stereocenters. The minimum atomic E-state index is -3.59. The van der Waals surface area contributed by atoms with Crippen molar-refractivity contribution in [2.45, 2.75) is 31.1 Å². The Labute approximate surface area is 94.7 Å². The van der Waals surface area contributed by atoms with E-state index in [0.717, 1.165) is 24.8 Å². The first-order valence-corrected chi connectivity index (χ1v) is 6.73. The smallest absolute Gasteiger partial charge is 0.266 e. The maximum atomic E-state index is 11.5. The van der Waals surface area contributed by atoms with Crippen LogP contribution in [0.25, 0.3) is 0 Å². The fourth-order valence-corrected chi connectivity index (χ4v) is 2.91. The number of rotatable bonds is 3. The monoisotopic (exact) mass is 239 g/mol. The van der Waals surface area contributed by atoms with E-state index in [-0.39, 0.29) is 10.5 Å². The van der Waals surface area contributed by atoms with Crippen LogP contribution in [0.3, 0.4) is 0 Å². The normalized spacial score (nSPS) is 16.9. The maximum Gasteiger partial charge on any atom is 0.266 e. The molecule has 1 N–H and O–H groups in total. The van der Waals surface area contributed by atoms with Crippen LogP contribution in [0.4, 0.5) is 0 Å². The zero-order valence-electron chi connectivity index (χ0n) is 8.99. The van der Waals surface area contributed by atoms with Gasteiger partial charge in [0.25, 0.3) is 15.9 Å². The van der Waals surface area contributed by atoms with E-state index in [0.29, 0.717) is 0 Å². The van der Waals surface area contributed by atoms with Crippen molar-refractivity contribution in [2.24, 2.45) is 0 Å². The van der Waals surface area contributed by atoms with Crippen molar-refractivity contribution >= 4 is 15.9 Å². The van der Waals surface area contributed by atoms with Gasteiger partial charge in [-0.05, 0) is 30.5 Å². The molecule has 1 aliphatic heterocycles. The second-order valence-corrected chi connectivity index (χ2v) is 5.52. The third kappa shape index (κ3) is 1.82. The summed E-state index contributed by atoms with van der Waals surface area (Å²) in [5.74, 6) is -0.520. The van der Waals surface area contributed by atoms with Gasteiger partial charge in [-0.15, -0.1) is 0 Å². The predicted octanol–water partition coefficient (Wildman–Crippen LogP) is 1.46. The molecule has 0 spiro atoms. The summed E-state index contributed by atoms with van der Waals surface area (Å²) in [4.78, 5) is 11.5. The van der Waals surface area contributed by atoms with Gasteiger partial charge in [0, 0.05) is 0 Å². The summed E-state index contributed by atoms with van der Waals surface area (Å²) in [6.07, 6.45) is 2.98. The van der Waals surface area contributed by atoms with E-state index in [1.54, 1.807) is 12.1 Å². The minimum absolute atomic E-state index is 0.0951. The molecule has 0 aliphatic carbocycles. The van der Waals surface area contributed by atoms with Crippen molar-refractivity contribution in [3.05, 3.63) is 29.3 Å². The topological polar surface area (TPSA) is 63.2 Å². The molecule has 4 nitrogen and oxygen atoms in total. The van der Waals surface area contributed by atoms with Crippen molar-refractivity contribution in [2.75, 3.05) is 0 Å². The third-order valence-electron chi connectivity index (χ3n) is 2.62. The highest BCUT2D eigenvalue weighted by atomic mass is 32.2. The number of unbranched alkanes of at least 4 members (excludes halogenated alkanes) is 1. The van der Waals surface area contributed by atoms with Gasteiger partial charge in [-0.25, -0.2) is 13.1 Å². The van der Waals surface area contributed by atoms with Crippen LogP contribution in [0, 0.1) is 0 Å². The molecule has 0 aromatic heterocycles. The van der Waals surface area contributed by atoms with E-state index in [1.807, 2.05) is 4.72 Å². The number of carbonyl (C=O) groups excluding carboxylic acids is 1. The summed E-state index contributed by atoms with van der Waals surface area (Å²) >= 11 is 0. The van der Waals surface area contributed by atoms with Gasteiger partial charge in [-0.1, -0.05) is 19.4 Å². The molecule has 0 bridgehead atoms. The number of hydrogen-bond donors (Lipinski definition) is 1. The first-order valence-electron chi connectivity index (χ1n) is 5.24. The van der Waals surface area contributed by atoms with Crippen molar-refractivity contribution in [3.8, 4) is 0 Å². The highest BCUT2D eigenvalue weighted by Crippen LogP contribution is 2.23. The molecule has 1 amide bonds. The highest BCUT2D eigenvalue weighted by molar-refractivity contribution is 7.90. The molecule has 0 unspecified atom stereocenters. The summed E-state index contributed by atoms with van der Waals surface area (Å²) in [7, 11) is -3.59. The number of nitrogens with one attached hydrogen (secondary N) is 1. The highest BCUT2D eigenvalue weighted by Gasteiger charge is 2.32. The lowest BCUT2D eigenvalue weighted by atomic mass is 10.1. The van der Waals surface area contributed by atoms with Crippen molar-refractivity contribution in [1.82, 2.24) is 4.72 Å². The van der Waals surface area contributed by atoms with Crippen molar-refractivity contribution < 1.29 is 13.2 Å². The lowest BCUT2D eigenvalue weighted by molar-refractivity contribution is 0.0985. The van der Waals surface area contributed by atoms with Gasteiger partial charge >= 0.3 is 0 Å². The second kappa shape index (κ2) is 3.90. The fraction of sp³-hybridized carbons (Fsp3) is 0.364. The summed E-state index contributed by atoms with van der Waals surface area (Å²) < 4.78 is 24.9. The van der Waals surface area contributed by atoms with Gasteiger partial charge in [0.2, 0.25) is 0 Å².